The number of fused-ring (bicyclic) bond motifs is 3. The fourth-order valence-corrected chi connectivity index (χ4v) is 3.39. The molecular formula is C19H17FN2O2. The molecule has 122 valence electrons. The minimum atomic E-state index is -0.347. The average molecular weight is 324 g/mol. The van der Waals surface area contributed by atoms with Gasteiger partial charge in [0.2, 0.25) is 0 Å². The van der Waals surface area contributed by atoms with E-state index in [9.17, 15) is 9.18 Å². The van der Waals surface area contributed by atoms with Crippen LogP contribution in [-0.4, -0.2) is 24.1 Å². The van der Waals surface area contributed by atoms with Crippen LogP contribution in [0, 0.1) is 5.82 Å². The molecule has 0 saturated heterocycles. The molecule has 0 aromatic heterocycles. The van der Waals surface area contributed by atoms with Crippen LogP contribution in [0.4, 0.5) is 10.1 Å². The van der Waals surface area contributed by atoms with Gasteiger partial charge in [0.05, 0.1) is 12.0 Å². The van der Waals surface area contributed by atoms with Crippen molar-refractivity contribution in [2.24, 2.45) is 5.10 Å². The van der Waals surface area contributed by atoms with Gasteiger partial charge in [0, 0.05) is 12.5 Å². The highest BCUT2D eigenvalue weighted by Crippen LogP contribution is 2.43. The molecule has 4 nitrogen and oxygen atoms in total. The molecule has 2 aromatic rings. The van der Waals surface area contributed by atoms with Crippen LogP contribution in [0.15, 0.2) is 53.6 Å². The van der Waals surface area contributed by atoms with E-state index in [0.29, 0.717) is 30.2 Å². The number of benzene rings is 2. The minimum absolute atomic E-state index is 0.0104. The minimum Gasteiger partial charge on any atom is -0.489 e. The lowest BCUT2D eigenvalue weighted by atomic mass is 9.85. The van der Waals surface area contributed by atoms with Gasteiger partial charge in [0.15, 0.2) is 5.78 Å². The lowest BCUT2D eigenvalue weighted by Gasteiger charge is -2.33. The van der Waals surface area contributed by atoms with Crippen molar-refractivity contribution in [3.05, 3.63) is 59.9 Å². The standard InChI is InChI=1S/C19H17FN2O2/c1-2-16(23)19-18(12-6-4-3-5-7-12)15-11-24-17-9-8-13(20)10-14(17)22(15)21-19/h3-10,15,18H,2,11H2,1H3. The zero-order valence-corrected chi connectivity index (χ0v) is 13.3. The van der Waals surface area contributed by atoms with Gasteiger partial charge in [-0.05, 0) is 17.7 Å². The van der Waals surface area contributed by atoms with Gasteiger partial charge in [-0.3, -0.25) is 9.80 Å². The Morgan fingerprint density at radius 1 is 1.29 bits per heavy atom. The quantitative estimate of drug-likeness (QED) is 0.867. The predicted octanol–water partition coefficient (Wildman–Crippen LogP) is 3.53. The molecule has 0 spiro atoms. The number of carbonyl (C=O) groups is 1. The normalized spacial score (nSPS) is 21.6. The molecule has 0 saturated carbocycles. The maximum atomic E-state index is 13.7. The molecule has 0 bridgehead atoms. The van der Waals surface area contributed by atoms with Gasteiger partial charge in [-0.25, -0.2) is 4.39 Å². The maximum Gasteiger partial charge on any atom is 0.179 e. The lowest BCUT2D eigenvalue weighted by Crippen LogP contribution is -2.41. The Balaban J connectivity index is 1.82. The lowest BCUT2D eigenvalue weighted by molar-refractivity contribution is -0.112. The van der Waals surface area contributed by atoms with Crippen LogP contribution in [0.5, 0.6) is 5.75 Å². The second kappa shape index (κ2) is 5.74. The van der Waals surface area contributed by atoms with Crippen LogP contribution >= 0.6 is 0 Å². The Morgan fingerprint density at radius 3 is 2.83 bits per heavy atom. The molecule has 0 N–H and O–H groups in total. The summed E-state index contributed by atoms with van der Waals surface area (Å²) in [5.74, 6) is 0.0828. The van der Waals surface area contributed by atoms with Gasteiger partial charge >= 0.3 is 0 Å². The summed E-state index contributed by atoms with van der Waals surface area (Å²) < 4.78 is 19.5. The Morgan fingerprint density at radius 2 is 2.08 bits per heavy atom. The molecule has 24 heavy (non-hydrogen) atoms. The molecule has 0 fully saturated rings. The van der Waals surface area contributed by atoms with Crippen molar-refractivity contribution in [1.29, 1.82) is 0 Å². The second-order valence-corrected chi connectivity index (χ2v) is 5.99. The number of hydrazone groups is 1. The number of ketones is 1. The smallest absolute Gasteiger partial charge is 0.179 e. The molecule has 2 atom stereocenters. The third-order valence-electron chi connectivity index (χ3n) is 4.55. The fourth-order valence-electron chi connectivity index (χ4n) is 3.39. The van der Waals surface area contributed by atoms with Crippen molar-refractivity contribution < 1.29 is 13.9 Å². The summed E-state index contributed by atoms with van der Waals surface area (Å²) >= 11 is 0. The van der Waals surface area contributed by atoms with E-state index in [4.69, 9.17) is 4.74 Å². The summed E-state index contributed by atoms with van der Waals surface area (Å²) in [5.41, 5.74) is 2.12. The van der Waals surface area contributed by atoms with Crippen molar-refractivity contribution in [2.45, 2.75) is 25.3 Å². The Kier molecular flexibility index (Phi) is 3.56. The molecule has 2 heterocycles. The van der Waals surface area contributed by atoms with Gasteiger partial charge in [0.1, 0.15) is 29.6 Å². The Bertz CT molecular complexity index is 819. The number of anilines is 1. The van der Waals surface area contributed by atoms with Gasteiger partial charge in [-0.15, -0.1) is 0 Å². The Hall–Kier alpha value is -2.69. The summed E-state index contributed by atoms with van der Waals surface area (Å²) in [4.78, 5) is 12.4. The van der Waals surface area contributed by atoms with E-state index in [-0.39, 0.29) is 23.6 Å². The van der Waals surface area contributed by atoms with Crippen molar-refractivity contribution in [2.75, 3.05) is 11.6 Å². The summed E-state index contributed by atoms with van der Waals surface area (Å²) in [5, 5.41) is 6.33. The van der Waals surface area contributed by atoms with Crippen LogP contribution in [0.1, 0.15) is 24.8 Å². The third kappa shape index (κ3) is 2.28. The number of ether oxygens (including phenoxy) is 1. The number of hydrogen-bond donors (Lipinski definition) is 0. The summed E-state index contributed by atoms with van der Waals surface area (Å²) in [6.45, 7) is 2.23. The fraction of sp³-hybridized carbons (Fsp3) is 0.263. The van der Waals surface area contributed by atoms with E-state index < -0.39 is 0 Å². The highest BCUT2D eigenvalue weighted by Gasteiger charge is 2.44. The van der Waals surface area contributed by atoms with Crippen molar-refractivity contribution in [3.63, 3.8) is 0 Å². The number of carbonyl (C=O) groups excluding carboxylic acids is 1. The average Bonchev–Trinajstić information content (AvgIpc) is 3.01. The first kappa shape index (κ1) is 14.9. The van der Waals surface area contributed by atoms with Gasteiger partial charge < -0.3 is 4.74 Å². The van der Waals surface area contributed by atoms with E-state index in [2.05, 4.69) is 5.10 Å². The van der Waals surface area contributed by atoms with Crippen LogP contribution in [0.25, 0.3) is 0 Å². The van der Waals surface area contributed by atoms with E-state index >= 15 is 0 Å². The van der Waals surface area contributed by atoms with Crippen molar-refractivity contribution in [1.82, 2.24) is 0 Å². The third-order valence-corrected chi connectivity index (χ3v) is 4.55. The van der Waals surface area contributed by atoms with Crippen LogP contribution < -0.4 is 9.75 Å². The van der Waals surface area contributed by atoms with Crippen LogP contribution in [0.3, 0.4) is 0 Å². The monoisotopic (exact) mass is 324 g/mol. The molecular weight excluding hydrogens is 307 g/mol. The zero-order chi connectivity index (χ0) is 16.7. The second-order valence-electron chi connectivity index (χ2n) is 5.99. The predicted molar refractivity (Wildman–Crippen MR) is 90.1 cm³/mol. The largest absolute Gasteiger partial charge is 0.489 e. The van der Waals surface area contributed by atoms with E-state index in [1.165, 1.54) is 12.1 Å². The van der Waals surface area contributed by atoms with Crippen molar-refractivity contribution >= 4 is 17.2 Å². The number of Topliss-reactive ketones (excluding diaryl/α,β-unsaturated/α-hetero) is 1. The number of hydrogen-bond acceptors (Lipinski definition) is 4. The molecule has 5 heteroatoms. The maximum absolute atomic E-state index is 13.7. The molecule has 0 amide bonds. The molecule has 2 unspecified atom stereocenters. The van der Waals surface area contributed by atoms with E-state index in [1.807, 2.05) is 37.3 Å². The topological polar surface area (TPSA) is 41.9 Å². The first-order valence-corrected chi connectivity index (χ1v) is 8.07. The number of halogens is 1. The molecule has 2 aliphatic rings. The molecule has 2 aliphatic heterocycles. The number of nitrogens with zero attached hydrogens (tertiary/aromatic N) is 2. The first-order valence-electron chi connectivity index (χ1n) is 8.07. The number of rotatable bonds is 3. The molecule has 0 radical (unpaired) electrons. The molecule has 4 rings (SSSR count). The molecule has 0 aliphatic carbocycles. The summed E-state index contributed by atoms with van der Waals surface area (Å²) in [6.07, 6.45) is 0.388. The zero-order valence-electron chi connectivity index (χ0n) is 13.3. The van der Waals surface area contributed by atoms with E-state index in [0.717, 1.165) is 5.56 Å². The summed E-state index contributed by atoms with van der Waals surface area (Å²) in [7, 11) is 0. The van der Waals surface area contributed by atoms with Crippen molar-refractivity contribution in [3.8, 4) is 5.75 Å². The van der Waals surface area contributed by atoms with E-state index in [1.54, 1.807) is 11.1 Å². The summed E-state index contributed by atoms with van der Waals surface area (Å²) in [6, 6.07) is 14.1. The Labute approximate surface area is 139 Å². The van der Waals surface area contributed by atoms with Gasteiger partial charge in [0.25, 0.3) is 0 Å². The van der Waals surface area contributed by atoms with Crippen LogP contribution in [0.2, 0.25) is 0 Å². The first-order chi connectivity index (χ1) is 11.7. The van der Waals surface area contributed by atoms with Gasteiger partial charge in [-0.1, -0.05) is 37.3 Å². The highest BCUT2D eigenvalue weighted by molar-refractivity contribution is 6.42. The molecule has 2 aromatic carbocycles. The van der Waals surface area contributed by atoms with Gasteiger partial charge in [-0.2, -0.15) is 5.10 Å². The highest BCUT2D eigenvalue weighted by atomic mass is 19.1. The van der Waals surface area contributed by atoms with Crippen LogP contribution in [-0.2, 0) is 4.79 Å². The SMILES string of the molecule is CCC(=O)C1=NN2c3cc(F)ccc3OCC2C1c1ccccc1.